The molecular weight excluding hydrogens is 588 g/mol. The van der Waals surface area contributed by atoms with E-state index < -0.39 is 0 Å². The van der Waals surface area contributed by atoms with E-state index in [4.69, 9.17) is 11.6 Å². The van der Waals surface area contributed by atoms with Crippen molar-refractivity contribution < 1.29 is 0 Å². The average Bonchev–Trinajstić information content (AvgIpc) is 3.12. The van der Waals surface area contributed by atoms with E-state index in [9.17, 15) is 4.79 Å². The lowest BCUT2D eigenvalue weighted by Crippen LogP contribution is -2.11. The molecule has 0 saturated carbocycles. The van der Waals surface area contributed by atoms with Crippen molar-refractivity contribution in [1.82, 2.24) is 19.9 Å². The molecule has 0 radical (unpaired) electrons. The number of halogens is 1. The summed E-state index contributed by atoms with van der Waals surface area (Å²) in [5, 5.41) is 2.21. The zero-order valence-corrected chi connectivity index (χ0v) is 25.4. The summed E-state index contributed by atoms with van der Waals surface area (Å²) in [5.41, 5.74) is 9.41. The van der Waals surface area contributed by atoms with Gasteiger partial charge < -0.3 is 4.98 Å². The molecule has 8 rings (SSSR count). The van der Waals surface area contributed by atoms with E-state index >= 15 is 0 Å². The van der Waals surface area contributed by atoms with Crippen molar-refractivity contribution in [2.24, 2.45) is 0 Å². The number of hydrogen-bond acceptors (Lipinski definition) is 4. The van der Waals surface area contributed by atoms with Gasteiger partial charge in [-0.15, -0.1) is 0 Å². The molecule has 1 N–H and O–H groups in total. The summed E-state index contributed by atoms with van der Waals surface area (Å²) in [7, 11) is 0. The van der Waals surface area contributed by atoms with Gasteiger partial charge in [-0.25, -0.2) is 14.8 Å². The fourth-order valence-corrected chi connectivity index (χ4v) is 5.68. The topological polar surface area (TPSA) is 71.5 Å². The average molecular weight is 615 g/mol. The fourth-order valence-electron chi connectivity index (χ4n) is 5.51. The first-order valence-electron chi connectivity index (χ1n) is 14.9. The molecule has 0 saturated heterocycles. The molecule has 46 heavy (non-hydrogen) atoms. The van der Waals surface area contributed by atoms with Crippen molar-refractivity contribution in [2.45, 2.75) is 0 Å². The summed E-state index contributed by atoms with van der Waals surface area (Å²) in [6.07, 6.45) is 0. The molecule has 0 fully saturated rings. The highest BCUT2D eigenvalue weighted by atomic mass is 35.5. The highest BCUT2D eigenvalue weighted by molar-refractivity contribution is 6.29. The number of hydrogen-bond donors (Lipinski definition) is 1. The largest absolute Gasteiger partial charge is 0.345 e. The molecule has 6 heteroatoms. The molecule has 2 aromatic heterocycles. The van der Waals surface area contributed by atoms with Gasteiger partial charge in [0.25, 0.3) is 0 Å². The van der Waals surface area contributed by atoms with Crippen molar-refractivity contribution in [3.63, 3.8) is 0 Å². The van der Waals surface area contributed by atoms with Gasteiger partial charge in [-0.3, -0.25) is 0 Å². The van der Waals surface area contributed by atoms with Crippen LogP contribution in [0.5, 0.6) is 0 Å². The third kappa shape index (κ3) is 6.18. The van der Waals surface area contributed by atoms with E-state index in [1.54, 1.807) is 0 Å². The molecule has 0 bridgehead atoms. The lowest BCUT2D eigenvalue weighted by molar-refractivity contribution is 1.12. The third-order valence-corrected chi connectivity index (χ3v) is 7.88. The Labute approximate surface area is 270 Å². The Morgan fingerprint density at radius 3 is 1.43 bits per heavy atom. The zero-order chi connectivity index (χ0) is 31.3. The molecule has 5 nitrogen and oxygen atoms in total. The molecule has 0 unspecified atom stereocenters. The Morgan fingerprint density at radius 2 is 0.891 bits per heavy atom. The van der Waals surface area contributed by atoms with Gasteiger partial charge in [0.15, 0.2) is 0 Å². The smallest absolute Gasteiger partial charge is 0.305 e. The van der Waals surface area contributed by atoms with E-state index in [1.165, 1.54) is 5.56 Å². The SMILES string of the molecule is Clc1nc(-c2ccccc2)c2cc(-c3ccccc3)ccc2n1.O=c1nc(-c2ccccc2)c2cc(-c3ccccc3)ccc2[nH]1. The maximum atomic E-state index is 11.9. The van der Waals surface area contributed by atoms with E-state index in [1.807, 2.05) is 115 Å². The molecule has 0 aliphatic heterocycles. The van der Waals surface area contributed by atoms with E-state index in [0.29, 0.717) is 5.69 Å². The number of rotatable bonds is 4. The summed E-state index contributed by atoms with van der Waals surface area (Å²) >= 11 is 6.11. The summed E-state index contributed by atoms with van der Waals surface area (Å²) in [6.45, 7) is 0. The molecule has 0 spiro atoms. The number of H-pyrrole nitrogens is 1. The lowest BCUT2D eigenvalue weighted by Gasteiger charge is -2.09. The Kier molecular flexibility index (Phi) is 8.14. The Balaban J connectivity index is 0.000000147. The highest BCUT2D eigenvalue weighted by Crippen LogP contribution is 2.31. The number of aromatic amines is 1. The molecule has 0 aliphatic rings. The van der Waals surface area contributed by atoms with Crippen molar-refractivity contribution in [1.29, 1.82) is 0 Å². The minimum absolute atomic E-state index is 0.267. The van der Waals surface area contributed by atoms with Crippen molar-refractivity contribution >= 4 is 33.4 Å². The van der Waals surface area contributed by atoms with Crippen LogP contribution in [0.1, 0.15) is 0 Å². The minimum Gasteiger partial charge on any atom is -0.305 e. The van der Waals surface area contributed by atoms with Crippen molar-refractivity contribution in [2.75, 3.05) is 0 Å². The molecule has 2 heterocycles. The van der Waals surface area contributed by atoms with Crippen LogP contribution >= 0.6 is 11.6 Å². The van der Waals surface area contributed by atoms with Gasteiger partial charge in [0.05, 0.1) is 22.4 Å². The monoisotopic (exact) mass is 614 g/mol. The second-order valence-corrected chi connectivity index (χ2v) is 11.0. The fraction of sp³-hybridized carbons (Fsp3) is 0. The van der Waals surface area contributed by atoms with Crippen LogP contribution in [0.15, 0.2) is 163 Å². The summed E-state index contributed by atoms with van der Waals surface area (Å²) in [6, 6.07) is 52.5. The van der Waals surface area contributed by atoms with Crippen LogP contribution in [0.4, 0.5) is 0 Å². The second-order valence-electron chi connectivity index (χ2n) is 10.7. The molecule has 0 aliphatic carbocycles. The van der Waals surface area contributed by atoms with Crippen LogP contribution in [0.3, 0.4) is 0 Å². The van der Waals surface area contributed by atoms with Gasteiger partial charge in [-0.1, -0.05) is 133 Å². The van der Waals surface area contributed by atoms with Gasteiger partial charge in [0.1, 0.15) is 0 Å². The highest BCUT2D eigenvalue weighted by Gasteiger charge is 2.11. The quantitative estimate of drug-likeness (QED) is 0.200. The van der Waals surface area contributed by atoms with E-state index in [2.05, 4.69) is 62.4 Å². The van der Waals surface area contributed by atoms with Gasteiger partial charge in [-0.2, -0.15) is 4.98 Å². The molecule has 8 aromatic rings. The van der Waals surface area contributed by atoms with Gasteiger partial charge >= 0.3 is 5.69 Å². The number of nitrogens with zero attached hydrogens (tertiary/aromatic N) is 3. The van der Waals surface area contributed by atoms with Gasteiger partial charge in [0, 0.05) is 21.9 Å². The number of aromatic nitrogens is 4. The first-order valence-corrected chi connectivity index (χ1v) is 15.2. The molecule has 6 aromatic carbocycles. The predicted molar refractivity (Wildman–Crippen MR) is 189 cm³/mol. The van der Waals surface area contributed by atoms with E-state index in [0.717, 1.165) is 55.3 Å². The van der Waals surface area contributed by atoms with E-state index in [-0.39, 0.29) is 11.0 Å². The summed E-state index contributed by atoms with van der Waals surface area (Å²) in [4.78, 5) is 27.7. The first kappa shape index (κ1) is 28.8. The van der Waals surface area contributed by atoms with Crippen LogP contribution < -0.4 is 5.69 Å². The lowest BCUT2D eigenvalue weighted by atomic mass is 10.0. The first-order chi connectivity index (χ1) is 22.6. The van der Waals surface area contributed by atoms with Crippen LogP contribution in [-0.2, 0) is 0 Å². The Morgan fingerprint density at radius 1 is 0.435 bits per heavy atom. The summed E-state index contributed by atoms with van der Waals surface area (Å²) < 4.78 is 0. The maximum absolute atomic E-state index is 11.9. The minimum atomic E-state index is -0.330. The van der Waals surface area contributed by atoms with Crippen molar-refractivity contribution in [3.8, 4) is 44.8 Å². The van der Waals surface area contributed by atoms with Crippen LogP contribution in [0, 0.1) is 0 Å². The van der Waals surface area contributed by atoms with Gasteiger partial charge in [-0.05, 0) is 58.1 Å². The van der Waals surface area contributed by atoms with Crippen LogP contribution in [0.25, 0.3) is 66.6 Å². The van der Waals surface area contributed by atoms with Crippen LogP contribution in [-0.4, -0.2) is 19.9 Å². The molecule has 0 atom stereocenters. The normalized spacial score (nSPS) is 10.8. The Bertz CT molecular complexity index is 2330. The number of fused-ring (bicyclic) bond motifs is 2. The summed E-state index contributed by atoms with van der Waals surface area (Å²) in [5.74, 6) is 0. The maximum Gasteiger partial charge on any atom is 0.345 e. The van der Waals surface area contributed by atoms with Crippen molar-refractivity contribution in [3.05, 3.63) is 173 Å². The van der Waals surface area contributed by atoms with Gasteiger partial charge in [0.2, 0.25) is 5.28 Å². The number of benzene rings is 6. The van der Waals surface area contributed by atoms with Crippen LogP contribution in [0.2, 0.25) is 5.28 Å². The third-order valence-electron chi connectivity index (χ3n) is 7.71. The molecule has 220 valence electrons. The predicted octanol–water partition coefficient (Wildman–Crippen LogP) is 9.87. The standard InChI is InChI=1S/C20H13ClN2.C20H14N2O/c21-20-22-18-12-11-16(14-7-3-1-4-8-14)13-17(18)19(23-20)15-9-5-2-6-10-15;23-20-21-18-12-11-16(14-7-3-1-4-8-14)13-17(18)19(22-20)15-9-5-2-6-10-15/h1-13H;1-13H,(H,21,22,23). The molecule has 0 amide bonds. The number of nitrogens with one attached hydrogen (secondary N) is 1. The molecular formula is C40H27ClN4O. The Hall–Kier alpha value is -5.91. The second kappa shape index (κ2) is 13.0. The zero-order valence-electron chi connectivity index (χ0n) is 24.6.